The number of nitrogens with two attached hydrogens (primary N) is 1. The molecule has 1 aromatic heterocycles. The minimum absolute atomic E-state index is 0.251. The number of nitrogens with zero attached hydrogens (tertiary/aromatic N) is 2. The molecule has 1 unspecified atom stereocenters. The van der Waals surface area contributed by atoms with Crippen molar-refractivity contribution < 1.29 is 9.15 Å². The van der Waals surface area contributed by atoms with Gasteiger partial charge >= 0.3 is 0 Å². The number of rotatable bonds is 4. The molecule has 1 heterocycles. The van der Waals surface area contributed by atoms with Gasteiger partial charge in [0.1, 0.15) is 5.75 Å². The van der Waals surface area contributed by atoms with Crippen LogP contribution in [0.1, 0.15) is 25.8 Å². The lowest BCUT2D eigenvalue weighted by molar-refractivity contribution is 0.340. The highest BCUT2D eigenvalue weighted by molar-refractivity contribution is 5.53. The average Bonchev–Trinajstić information content (AvgIpc) is 2.80. The van der Waals surface area contributed by atoms with Gasteiger partial charge in [-0.25, -0.2) is 0 Å². The molecular weight excluding hydrogens is 218 g/mol. The van der Waals surface area contributed by atoms with Crippen molar-refractivity contribution >= 4 is 0 Å². The molecule has 5 heteroatoms. The molecule has 0 aliphatic heterocycles. The smallest absolute Gasteiger partial charge is 0.247 e. The molecule has 5 nitrogen and oxygen atoms in total. The summed E-state index contributed by atoms with van der Waals surface area (Å²) < 4.78 is 10.8. The first-order valence-corrected chi connectivity index (χ1v) is 5.53. The monoisotopic (exact) mass is 233 g/mol. The Hall–Kier alpha value is -1.88. The van der Waals surface area contributed by atoms with Crippen LogP contribution >= 0.6 is 0 Å². The van der Waals surface area contributed by atoms with Crippen molar-refractivity contribution in [1.82, 2.24) is 10.2 Å². The summed E-state index contributed by atoms with van der Waals surface area (Å²) in [6, 6.07) is 7.25. The number of aromatic nitrogens is 2. The van der Waals surface area contributed by atoms with Crippen LogP contribution in [-0.2, 0) is 0 Å². The molecule has 2 aromatic rings. The van der Waals surface area contributed by atoms with Gasteiger partial charge < -0.3 is 14.9 Å². The molecule has 0 aliphatic rings. The maximum absolute atomic E-state index is 5.65. The molecule has 0 fully saturated rings. The highest BCUT2D eigenvalue weighted by Gasteiger charge is 2.11. The summed E-state index contributed by atoms with van der Waals surface area (Å²) in [6.07, 6.45) is 0. The molecule has 1 atom stereocenters. The molecule has 0 bridgehead atoms. The number of hydrogen-bond donors (Lipinski definition) is 1. The largest absolute Gasteiger partial charge is 0.494 e. The maximum atomic E-state index is 5.65. The topological polar surface area (TPSA) is 74.2 Å². The Balaban J connectivity index is 2.21. The fourth-order valence-electron chi connectivity index (χ4n) is 1.40. The molecule has 90 valence electrons. The lowest BCUT2D eigenvalue weighted by atomic mass is 10.2. The zero-order chi connectivity index (χ0) is 12.3. The van der Waals surface area contributed by atoms with Gasteiger partial charge in [-0.05, 0) is 38.1 Å². The highest BCUT2D eigenvalue weighted by atomic mass is 16.5. The predicted molar refractivity (Wildman–Crippen MR) is 63.5 cm³/mol. The fourth-order valence-corrected chi connectivity index (χ4v) is 1.40. The zero-order valence-electron chi connectivity index (χ0n) is 9.88. The summed E-state index contributed by atoms with van der Waals surface area (Å²) in [6.45, 7) is 4.39. The van der Waals surface area contributed by atoms with Crippen LogP contribution in [0.15, 0.2) is 28.7 Å². The summed E-state index contributed by atoms with van der Waals surface area (Å²) in [5, 5.41) is 7.82. The first-order chi connectivity index (χ1) is 8.20. The van der Waals surface area contributed by atoms with Crippen molar-refractivity contribution in [2.45, 2.75) is 19.9 Å². The Morgan fingerprint density at radius 2 is 2.00 bits per heavy atom. The maximum Gasteiger partial charge on any atom is 0.247 e. The first kappa shape index (κ1) is 11.6. The van der Waals surface area contributed by atoms with Crippen LogP contribution in [0.4, 0.5) is 0 Å². The summed E-state index contributed by atoms with van der Waals surface area (Å²) in [5.41, 5.74) is 6.51. The van der Waals surface area contributed by atoms with E-state index >= 15 is 0 Å². The molecule has 1 aromatic carbocycles. The molecule has 0 radical (unpaired) electrons. The van der Waals surface area contributed by atoms with Crippen LogP contribution in [0.25, 0.3) is 11.5 Å². The van der Waals surface area contributed by atoms with Crippen molar-refractivity contribution in [3.63, 3.8) is 0 Å². The van der Waals surface area contributed by atoms with E-state index in [0.29, 0.717) is 18.4 Å². The van der Waals surface area contributed by atoms with Gasteiger partial charge in [0, 0.05) is 5.56 Å². The molecule has 0 saturated carbocycles. The number of ether oxygens (including phenoxy) is 1. The van der Waals surface area contributed by atoms with Crippen LogP contribution in [0.2, 0.25) is 0 Å². The van der Waals surface area contributed by atoms with E-state index < -0.39 is 0 Å². The Labute approximate surface area is 99.6 Å². The number of benzene rings is 1. The van der Waals surface area contributed by atoms with Gasteiger partial charge in [0.25, 0.3) is 0 Å². The summed E-state index contributed by atoms with van der Waals surface area (Å²) in [4.78, 5) is 0. The molecule has 0 aliphatic carbocycles. The average molecular weight is 233 g/mol. The van der Waals surface area contributed by atoms with E-state index in [-0.39, 0.29) is 6.04 Å². The number of hydrogen-bond acceptors (Lipinski definition) is 5. The van der Waals surface area contributed by atoms with E-state index in [0.717, 1.165) is 11.3 Å². The Bertz CT molecular complexity index is 477. The van der Waals surface area contributed by atoms with E-state index in [4.69, 9.17) is 14.9 Å². The van der Waals surface area contributed by atoms with Crippen molar-refractivity contribution in [2.24, 2.45) is 5.73 Å². The summed E-state index contributed by atoms with van der Waals surface area (Å²) in [7, 11) is 0. The second kappa shape index (κ2) is 4.97. The van der Waals surface area contributed by atoms with Crippen LogP contribution in [0, 0.1) is 0 Å². The van der Waals surface area contributed by atoms with Gasteiger partial charge in [0.05, 0.1) is 12.6 Å². The van der Waals surface area contributed by atoms with E-state index in [2.05, 4.69) is 10.2 Å². The van der Waals surface area contributed by atoms with Gasteiger partial charge in [-0.2, -0.15) is 0 Å². The van der Waals surface area contributed by atoms with E-state index in [1.807, 2.05) is 31.2 Å². The van der Waals surface area contributed by atoms with Crippen LogP contribution < -0.4 is 10.5 Å². The van der Waals surface area contributed by atoms with Crippen LogP contribution in [0.5, 0.6) is 5.75 Å². The van der Waals surface area contributed by atoms with E-state index in [1.165, 1.54) is 0 Å². The minimum Gasteiger partial charge on any atom is -0.494 e. The molecule has 0 spiro atoms. The minimum atomic E-state index is -0.251. The standard InChI is InChI=1S/C12H15N3O2/c1-3-16-10-6-4-9(5-7-10)12-15-14-11(17-12)8(2)13/h4-8H,3,13H2,1-2H3. The van der Waals surface area contributed by atoms with Gasteiger partial charge in [0.15, 0.2) is 0 Å². The lowest BCUT2D eigenvalue weighted by Gasteiger charge is -2.02. The molecule has 2 N–H and O–H groups in total. The molecule has 2 rings (SSSR count). The van der Waals surface area contributed by atoms with E-state index in [9.17, 15) is 0 Å². The highest BCUT2D eigenvalue weighted by Crippen LogP contribution is 2.22. The summed E-state index contributed by atoms with van der Waals surface area (Å²) in [5.74, 6) is 1.73. The van der Waals surface area contributed by atoms with Gasteiger partial charge in [-0.3, -0.25) is 0 Å². The van der Waals surface area contributed by atoms with Crippen molar-refractivity contribution in [1.29, 1.82) is 0 Å². The van der Waals surface area contributed by atoms with Crippen molar-refractivity contribution in [3.8, 4) is 17.2 Å². The SMILES string of the molecule is CCOc1ccc(-c2nnc(C(C)N)o2)cc1. The summed E-state index contributed by atoms with van der Waals surface area (Å²) >= 11 is 0. The van der Waals surface area contributed by atoms with Crippen molar-refractivity contribution in [2.75, 3.05) is 6.61 Å². The van der Waals surface area contributed by atoms with Gasteiger partial charge in [-0.15, -0.1) is 10.2 Å². The van der Waals surface area contributed by atoms with Crippen LogP contribution in [0.3, 0.4) is 0 Å². The Morgan fingerprint density at radius 3 is 2.53 bits per heavy atom. The lowest BCUT2D eigenvalue weighted by Crippen LogP contribution is -2.04. The third kappa shape index (κ3) is 2.62. The second-order valence-electron chi connectivity index (χ2n) is 3.69. The Morgan fingerprint density at radius 1 is 1.29 bits per heavy atom. The molecule has 17 heavy (non-hydrogen) atoms. The third-order valence-electron chi connectivity index (χ3n) is 2.24. The van der Waals surface area contributed by atoms with E-state index in [1.54, 1.807) is 6.92 Å². The second-order valence-corrected chi connectivity index (χ2v) is 3.69. The third-order valence-corrected chi connectivity index (χ3v) is 2.24. The van der Waals surface area contributed by atoms with Crippen LogP contribution in [-0.4, -0.2) is 16.8 Å². The Kier molecular flexibility index (Phi) is 3.39. The fraction of sp³-hybridized carbons (Fsp3) is 0.333. The quantitative estimate of drug-likeness (QED) is 0.875. The first-order valence-electron chi connectivity index (χ1n) is 5.53. The van der Waals surface area contributed by atoms with Gasteiger partial charge in [-0.1, -0.05) is 0 Å². The van der Waals surface area contributed by atoms with Crippen molar-refractivity contribution in [3.05, 3.63) is 30.2 Å². The molecule has 0 saturated heterocycles. The zero-order valence-corrected chi connectivity index (χ0v) is 9.88. The van der Waals surface area contributed by atoms with Gasteiger partial charge in [0.2, 0.25) is 11.8 Å². The predicted octanol–water partition coefficient (Wildman–Crippen LogP) is 2.16. The molecule has 0 amide bonds. The molecular formula is C12H15N3O2. The normalized spacial score (nSPS) is 12.4.